The Morgan fingerprint density at radius 2 is 1.92 bits per heavy atom. The van der Waals surface area contributed by atoms with Gasteiger partial charge in [-0.2, -0.15) is 0 Å². The maximum Gasteiger partial charge on any atom is 0.220 e. The lowest BCUT2D eigenvalue weighted by Crippen LogP contribution is -2.31. The Bertz CT molecular complexity index is 1400. The van der Waals surface area contributed by atoms with Crippen molar-refractivity contribution in [1.82, 2.24) is 19.9 Å². The molecule has 2 aromatic heterocycles. The Labute approximate surface area is 225 Å². The standard InChI is InChI=1S/C28H29IN6O/c1-17-14-19(15-31-27(17)35(16-29)13-12-34(2)3)20-10-7-11-21-22(20)25-23(26(21)36)24(32-28(30)33-25)18-8-5-4-6-9-18/h4-8,10-11,14-15,18H,9,12-13,16H2,1-3H3,(H2,30,32,33). The third kappa shape index (κ3) is 4.43. The van der Waals surface area contributed by atoms with Crippen molar-refractivity contribution in [3.05, 3.63) is 77.2 Å². The number of hydrogen-bond donors (Lipinski definition) is 1. The predicted molar refractivity (Wildman–Crippen MR) is 154 cm³/mol. The van der Waals surface area contributed by atoms with Gasteiger partial charge in [-0.1, -0.05) is 65.1 Å². The lowest BCUT2D eigenvalue weighted by atomic mass is 9.92. The minimum Gasteiger partial charge on any atom is -0.368 e. The summed E-state index contributed by atoms with van der Waals surface area (Å²) >= 11 is 2.38. The topological polar surface area (TPSA) is 88.2 Å². The lowest BCUT2D eigenvalue weighted by Gasteiger charge is -2.25. The minimum absolute atomic E-state index is 0.000354. The summed E-state index contributed by atoms with van der Waals surface area (Å²) in [6, 6.07) is 7.97. The highest BCUT2D eigenvalue weighted by atomic mass is 127. The van der Waals surface area contributed by atoms with Gasteiger partial charge in [-0.15, -0.1) is 0 Å². The fourth-order valence-corrected chi connectivity index (χ4v) is 5.58. The number of halogens is 1. The highest BCUT2D eigenvalue weighted by Crippen LogP contribution is 2.45. The van der Waals surface area contributed by atoms with E-state index in [9.17, 15) is 4.79 Å². The predicted octanol–water partition coefficient (Wildman–Crippen LogP) is 5.00. The third-order valence-corrected chi connectivity index (χ3v) is 7.51. The smallest absolute Gasteiger partial charge is 0.220 e. The molecule has 1 atom stereocenters. The summed E-state index contributed by atoms with van der Waals surface area (Å²) in [5.41, 5.74) is 12.5. The van der Waals surface area contributed by atoms with Gasteiger partial charge in [0.15, 0.2) is 5.78 Å². The number of ketones is 1. The molecular weight excluding hydrogens is 563 g/mol. The first-order valence-corrected chi connectivity index (χ1v) is 13.5. The Morgan fingerprint density at radius 3 is 2.61 bits per heavy atom. The quantitative estimate of drug-likeness (QED) is 0.184. The van der Waals surface area contributed by atoms with Crippen LogP contribution in [0.4, 0.5) is 11.8 Å². The molecule has 0 fully saturated rings. The van der Waals surface area contributed by atoms with Gasteiger partial charge in [-0.3, -0.25) is 4.79 Å². The monoisotopic (exact) mass is 592 g/mol. The van der Waals surface area contributed by atoms with Crippen molar-refractivity contribution >= 4 is 40.1 Å². The van der Waals surface area contributed by atoms with Gasteiger partial charge in [0, 0.05) is 41.9 Å². The summed E-state index contributed by atoms with van der Waals surface area (Å²) in [5, 5.41) is 0. The maximum absolute atomic E-state index is 13.6. The molecule has 0 radical (unpaired) electrons. The van der Waals surface area contributed by atoms with E-state index in [-0.39, 0.29) is 17.6 Å². The van der Waals surface area contributed by atoms with Crippen LogP contribution >= 0.6 is 22.6 Å². The van der Waals surface area contributed by atoms with E-state index in [1.807, 2.05) is 36.5 Å². The summed E-state index contributed by atoms with van der Waals surface area (Å²) in [5.74, 6) is 1.12. The largest absolute Gasteiger partial charge is 0.368 e. The number of benzene rings is 1. The second-order valence-electron chi connectivity index (χ2n) is 9.45. The average molecular weight is 592 g/mol. The van der Waals surface area contributed by atoms with Gasteiger partial charge in [-0.25, -0.2) is 15.0 Å². The van der Waals surface area contributed by atoms with E-state index in [2.05, 4.69) is 81.6 Å². The molecule has 0 saturated heterocycles. The van der Waals surface area contributed by atoms with E-state index in [0.29, 0.717) is 22.5 Å². The first-order valence-electron chi connectivity index (χ1n) is 12.0. The number of allylic oxidation sites excluding steroid dienone is 4. The van der Waals surface area contributed by atoms with E-state index in [0.717, 1.165) is 52.1 Å². The molecule has 0 amide bonds. The van der Waals surface area contributed by atoms with Gasteiger partial charge < -0.3 is 15.5 Å². The molecule has 1 unspecified atom stereocenters. The first kappa shape index (κ1) is 24.6. The molecule has 1 aromatic carbocycles. The van der Waals surface area contributed by atoms with Crippen LogP contribution in [0.2, 0.25) is 0 Å². The molecule has 2 aliphatic rings. The maximum atomic E-state index is 13.6. The molecule has 0 spiro atoms. The number of fused-ring (bicyclic) bond motifs is 3. The number of carbonyl (C=O) groups is 1. The van der Waals surface area contributed by atoms with E-state index >= 15 is 0 Å². The summed E-state index contributed by atoms with van der Waals surface area (Å²) in [6.07, 6.45) is 10.8. The fourth-order valence-electron chi connectivity index (χ4n) is 4.91. The van der Waals surface area contributed by atoms with E-state index in [1.165, 1.54) is 0 Å². The normalized spacial score (nSPS) is 15.9. The molecule has 0 bridgehead atoms. The van der Waals surface area contributed by atoms with Crippen LogP contribution in [-0.4, -0.2) is 57.4 Å². The fraction of sp³-hybridized carbons (Fsp3) is 0.286. The SMILES string of the molecule is Cc1cc(-c2cccc3c2-c2nc(N)nc(C4C=CC=CC4)c2C3=O)cnc1N(CI)CCN(C)C. The van der Waals surface area contributed by atoms with Crippen LogP contribution in [0.5, 0.6) is 0 Å². The zero-order chi connectivity index (χ0) is 25.4. The molecule has 0 saturated carbocycles. The van der Waals surface area contributed by atoms with E-state index < -0.39 is 0 Å². The van der Waals surface area contributed by atoms with Crippen molar-refractivity contribution < 1.29 is 4.79 Å². The van der Waals surface area contributed by atoms with Crippen molar-refractivity contribution in [1.29, 1.82) is 0 Å². The lowest BCUT2D eigenvalue weighted by molar-refractivity contribution is 0.104. The molecule has 184 valence electrons. The van der Waals surface area contributed by atoms with Crippen LogP contribution in [0.1, 0.15) is 39.5 Å². The second-order valence-corrected chi connectivity index (χ2v) is 10.1. The van der Waals surface area contributed by atoms with Crippen LogP contribution in [0.3, 0.4) is 0 Å². The van der Waals surface area contributed by atoms with Crippen LogP contribution in [0.15, 0.2) is 54.8 Å². The average Bonchev–Trinajstić information content (AvgIpc) is 3.16. The molecule has 2 N–H and O–H groups in total. The molecule has 5 rings (SSSR count). The number of nitrogen functional groups attached to an aromatic ring is 1. The number of carbonyl (C=O) groups excluding carboxylic acids is 1. The van der Waals surface area contributed by atoms with Crippen molar-refractivity contribution in [2.75, 3.05) is 42.4 Å². The van der Waals surface area contributed by atoms with Crippen molar-refractivity contribution in [3.63, 3.8) is 0 Å². The highest BCUT2D eigenvalue weighted by Gasteiger charge is 2.35. The van der Waals surface area contributed by atoms with Crippen LogP contribution in [0.25, 0.3) is 22.4 Å². The molecule has 2 aliphatic carbocycles. The number of likely N-dealkylation sites (N-methyl/N-ethyl adjacent to an activating group) is 1. The summed E-state index contributed by atoms with van der Waals surface area (Å²) < 4.78 is 0.852. The Hall–Kier alpha value is -3.11. The highest BCUT2D eigenvalue weighted by molar-refractivity contribution is 14.1. The van der Waals surface area contributed by atoms with Crippen LogP contribution in [0, 0.1) is 6.92 Å². The molecular formula is C28H29IN6O. The van der Waals surface area contributed by atoms with Gasteiger partial charge >= 0.3 is 0 Å². The van der Waals surface area contributed by atoms with Crippen LogP contribution in [-0.2, 0) is 0 Å². The van der Waals surface area contributed by atoms with Crippen molar-refractivity contribution in [2.24, 2.45) is 0 Å². The Kier molecular flexibility index (Phi) is 6.90. The number of rotatable bonds is 7. The zero-order valence-electron chi connectivity index (χ0n) is 20.7. The third-order valence-electron chi connectivity index (χ3n) is 6.68. The number of aromatic nitrogens is 3. The van der Waals surface area contributed by atoms with Crippen molar-refractivity contribution in [3.8, 4) is 22.4 Å². The number of anilines is 2. The second kappa shape index (κ2) is 10.1. The van der Waals surface area contributed by atoms with Gasteiger partial charge in [-0.05, 0) is 44.6 Å². The number of hydrogen-bond acceptors (Lipinski definition) is 7. The van der Waals surface area contributed by atoms with E-state index in [4.69, 9.17) is 10.7 Å². The Balaban J connectivity index is 1.59. The molecule has 7 nitrogen and oxygen atoms in total. The number of nitrogens with zero attached hydrogens (tertiary/aromatic N) is 5. The number of alkyl halides is 1. The first-order chi connectivity index (χ1) is 17.4. The molecule has 0 aliphatic heterocycles. The number of aryl methyl sites for hydroxylation is 1. The summed E-state index contributed by atoms with van der Waals surface area (Å²) in [4.78, 5) is 32.0. The Morgan fingerprint density at radius 1 is 1.11 bits per heavy atom. The van der Waals surface area contributed by atoms with E-state index in [1.54, 1.807) is 0 Å². The van der Waals surface area contributed by atoms with Crippen LogP contribution < -0.4 is 10.6 Å². The molecule has 3 aromatic rings. The zero-order valence-corrected chi connectivity index (χ0v) is 22.9. The minimum atomic E-state index is -0.0409. The number of nitrogens with two attached hydrogens (primary N) is 1. The van der Waals surface area contributed by atoms with Gasteiger partial charge in [0.05, 0.1) is 21.5 Å². The molecule has 8 heteroatoms. The molecule has 2 heterocycles. The summed E-state index contributed by atoms with van der Waals surface area (Å²) in [7, 11) is 4.15. The van der Waals surface area contributed by atoms with Gasteiger partial charge in [0.25, 0.3) is 0 Å². The molecule has 36 heavy (non-hydrogen) atoms. The number of pyridine rings is 1. The van der Waals surface area contributed by atoms with Gasteiger partial charge in [0.1, 0.15) is 5.82 Å². The van der Waals surface area contributed by atoms with Crippen molar-refractivity contribution in [2.45, 2.75) is 19.3 Å². The van der Waals surface area contributed by atoms with Gasteiger partial charge in [0.2, 0.25) is 5.95 Å². The summed E-state index contributed by atoms with van der Waals surface area (Å²) in [6.45, 7) is 3.94.